The molecule has 5 nitrogen and oxygen atoms in total. The summed E-state index contributed by atoms with van der Waals surface area (Å²) in [5, 5.41) is 2.87. The molecule has 0 aliphatic carbocycles. The molecule has 0 unspecified atom stereocenters. The highest BCUT2D eigenvalue weighted by Gasteiger charge is 2.21. The smallest absolute Gasteiger partial charge is 0.255 e. The fraction of sp³-hybridized carbons (Fsp3) is 0.263. The van der Waals surface area contributed by atoms with E-state index in [2.05, 4.69) is 5.32 Å². The number of ether oxygens (including phenoxy) is 1. The van der Waals surface area contributed by atoms with E-state index in [1.165, 1.54) is 0 Å². The first-order valence-corrected chi connectivity index (χ1v) is 7.97. The van der Waals surface area contributed by atoms with Crippen molar-refractivity contribution in [3.63, 3.8) is 0 Å². The molecule has 3 rings (SSSR count). The molecule has 0 atom stereocenters. The molecule has 124 valence electrons. The topological polar surface area (TPSA) is 58.6 Å². The zero-order chi connectivity index (χ0) is 16.9. The lowest BCUT2D eigenvalue weighted by Crippen LogP contribution is -2.23. The molecule has 1 heterocycles. The van der Waals surface area contributed by atoms with E-state index in [0.29, 0.717) is 24.3 Å². The zero-order valence-corrected chi connectivity index (χ0v) is 13.6. The standard InChI is InChI=1S/C19H20N2O3/c1-24-13-14-4-2-5-15(12-14)19(23)20-16-7-9-17(10-8-16)21-11-3-6-18(21)22/h2,4-5,7-10,12H,3,6,11,13H2,1H3,(H,20,23). The van der Waals surface area contributed by atoms with E-state index in [4.69, 9.17) is 4.74 Å². The third kappa shape index (κ3) is 3.63. The van der Waals surface area contributed by atoms with Gasteiger partial charge in [-0.1, -0.05) is 12.1 Å². The van der Waals surface area contributed by atoms with Gasteiger partial charge in [-0.15, -0.1) is 0 Å². The summed E-state index contributed by atoms with van der Waals surface area (Å²) in [6, 6.07) is 14.7. The van der Waals surface area contributed by atoms with Gasteiger partial charge >= 0.3 is 0 Å². The molecule has 1 aliphatic heterocycles. The second-order valence-corrected chi connectivity index (χ2v) is 5.78. The number of rotatable bonds is 5. The van der Waals surface area contributed by atoms with Crippen LogP contribution in [-0.4, -0.2) is 25.5 Å². The van der Waals surface area contributed by atoms with Crippen LogP contribution in [0.3, 0.4) is 0 Å². The van der Waals surface area contributed by atoms with Crippen molar-refractivity contribution in [1.29, 1.82) is 0 Å². The molecule has 2 aromatic carbocycles. The molecule has 1 saturated heterocycles. The Bertz CT molecular complexity index is 741. The second-order valence-electron chi connectivity index (χ2n) is 5.78. The number of nitrogens with one attached hydrogen (secondary N) is 1. The number of carbonyl (C=O) groups excluding carboxylic acids is 2. The van der Waals surface area contributed by atoms with E-state index in [1.54, 1.807) is 18.1 Å². The zero-order valence-electron chi connectivity index (χ0n) is 13.6. The SMILES string of the molecule is COCc1cccc(C(=O)Nc2ccc(N3CCCC3=O)cc2)c1. The minimum atomic E-state index is -0.169. The molecule has 5 heteroatoms. The monoisotopic (exact) mass is 324 g/mol. The largest absolute Gasteiger partial charge is 0.380 e. The lowest BCUT2D eigenvalue weighted by atomic mass is 10.1. The second kappa shape index (κ2) is 7.27. The van der Waals surface area contributed by atoms with Gasteiger partial charge in [0.1, 0.15) is 0 Å². The molecule has 0 radical (unpaired) electrons. The maximum absolute atomic E-state index is 12.3. The fourth-order valence-corrected chi connectivity index (χ4v) is 2.82. The summed E-state index contributed by atoms with van der Waals surface area (Å²) < 4.78 is 5.09. The van der Waals surface area contributed by atoms with Crippen molar-refractivity contribution in [3.05, 3.63) is 59.7 Å². The lowest BCUT2D eigenvalue weighted by molar-refractivity contribution is -0.117. The Balaban J connectivity index is 1.68. The van der Waals surface area contributed by atoms with Crippen LogP contribution in [0.25, 0.3) is 0 Å². The number of carbonyl (C=O) groups is 2. The number of amides is 2. The van der Waals surface area contributed by atoms with Crippen LogP contribution >= 0.6 is 0 Å². The predicted octanol–water partition coefficient (Wildman–Crippen LogP) is 3.21. The third-order valence-electron chi connectivity index (χ3n) is 4.01. The van der Waals surface area contributed by atoms with E-state index in [1.807, 2.05) is 42.5 Å². The Labute approximate surface area is 141 Å². The average Bonchev–Trinajstić information content (AvgIpc) is 3.02. The van der Waals surface area contributed by atoms with Gasteiger partial charge in [-0.25, -0.2) is 0 Å². The first-order chi connectivity index (χ1) is 11.7. The fourth-order valence-electron chi connectivity index (χ4n) is 2.82. The van der Waals surface area contributed by atoms with Crippen LogP contribution in [0.2, 0.25) is 0 Å². The van der Waals surface area contributed by atoms with E-state index in [-0.39, 0.29) is 11.8 Å². The Morgan fingerprint density at radius 3 is 2.67 bits per heavy atom. The van der Waals surface area contributed by atoms with Gasteiger partial charge in [0.25, 0.3) is 5.91 Å². The predicted molar refractivity (Wildman–Crippen MR) is 93.1 cm³/mol. The normalized spacial score (nSPS) is 14.0. The summed E-state index contributed by atoms with van der Waals surface area (Å²) in [6.07, 6.45) is 1.51. The molecule has 0 aromatic heterocycles. The van der Waals surface area contributed by atoms with Crippen LogP contribution in [0.5, 0.6) is 0 Å². The maximum Gasteiger partial charge on any atom is 0.255 e. The van der Waals surface area contributed by atoms with Crippen molar-refractivity contribution in [2.75, 3.05) is 23.9 Å². The van der Waals surface area contributed by atoms with Gasteiger partial charge in [-0.3, -0.25) is 9.59 Å². The van der Waals surface area contributed by atoms with Gasteiger partial charge in [0.15, 0.2) is 0 Å². The number of anilines is 2. The Morgan fingerprint density at radius 1 is 1.21 bits per heavy atom. The molecule has 0 spiro atoms. The van der Waals surface area contributed by atoms with Crippen molar-refractivity contribution >= 4 is 23.2 Å². The van der Waals surface area contributed by atoms with Crippen molar-refractivity contribution < 1.29 is 14.3 Å². The van der Waals surface area contributed by atoms with E-state index in [0.717, 1.165) is 24.2 Å². The van der Waals surface area contributed by atoms with Crippen molar-refractivity contribution in [2.45, 2.75) is 19.4 Å². The minimum Gasteiger partial charge on any atom is -0.380 e. The molecule has 0 saturated carbocycles. The Hall–Kier alpha value is -2.66. The number of hydrogen-bond acceptors (Lipinski definition) is 3. The Morgan fingerprint density at radius 2 is 2.00 bits per heavy atom. The average molecular weight is 324 g/mol. The quantitative estimate of drug-likeness (QED) is 0.919. The van der Waals surface area contributed by atoms with Gasteiger partial charge in [-0.2, -0.15) is 0 Å². The summed E-state index contributed by atoms with van der Waals surface area (Å²) in [5.74, 6) is -0.0142. The first-order valence-electron chi connectivity index (χ1n) is 7.97. The van der Waals surface area contributed by atoms with E-state index < -0.39 is 0 Å². The van der Waals surface area contributed by atoms with Crippen molar-refractivity contribution in [1.82, 2.24) is 0 Å². The van der Waals surface area contributed by atoms with Gasteiger partial charge < -0.3 is 15.0 Å². The van der Waals surface area contributed by atoms with Crippen LogP contribution in [0.15, 0.2) is 48.5 Å². The number of hydrogen-bond donors (Lipinski definition) is 1. The Kier molecular flexibility index (Phi) is 4.91. The highest BCUT2D eigenvalue weighted by atomic mass is 16.5. The van der Waals surface area contributed by atoms with Crippen LogP contribution < -0.4 is 10.2 Å². The maximum atomic E-state index is 12.3. The van der Waals surface area contributed by atoms with Gasteiger partial charge in [0.05, 0.1) is 6.61 Å². The summed E-state index contributed by atoms with van der Waals surface area (Å²) in [6.45, 7) is 1.23. The van der Waals surface area contributed by atoms with Crippen molar-refractivity contribution in [3.8, 4) is 0 Å². The third-order valence-corrected chi connectivity index (χ3v) is 4.01. The first kappa shape index (κ1) is 16.2. The molecule has 2 aromatic rings. The molecule has 1 fully saturated rings. The summed E-state index contributed by atoms with van der Waals surface area (Å²) in [7, 11) is 1.62. The summed E-state index contributed by atoms with van der Waals surface area (Å²) in [5.41, 5.74) is 3.11. The molecular weight excluding hydrogens is 304 g/mol. The molecule has 1 N–H and O–H groups in total. The number of nitrogens with zero attached hydrogens (tertiary/aromatic N) is 1. The minimum absolute atomic E-state index is 0.154. The van der Waals surface area contributed by atoms with Gasteiger partial charge in [0, 0.05) is 37.0 Å². The molecule has 1 aliphatic rings. The van der Waals surface area contributed by atoms with Crippen LogP contribution in [0.4, 0.5) is 11.4 Å². The number of methoxy groups -OCH3 is 1. The van der Waals surface area contributed by atoms with Crippen molar-refractivity contribution in [2.24, 2.45) is 0 Å². The highest BCUT2D eigenvalue weighted by Crippen LogP contribution is 2.23. The summed E-state index contributed by atoms with van der Waals surface area (Å²) in [4.78, 5) is 25.9. The van der Waals surface area contributed by atoms with Crippen LogP contribution in [0.1, 0.15) is 28.8 Å². The number of benzene rings is 2. The van der Waals surface area contributed by atoms with Gasteiger partial charge in [0.2, 0.25) is 5.91 Å². The van der Waals surface area contributed by atoms with E-state index >= 15 is 0 Å². The molecule has 24 heavy (non-hydrogen) atoms. The lowest BCUT2D eigenvalue weighted by Gasteiger charge is -2.16. The highest BCUT2D eigenvalue weighted by molar-refractivity contribution is 6.04. The molecular formula is C19H20N2O3. The van der Waals surface area contributed by atoms with Gasteiger partial charge in [-0.05, 0) is 48.4 Å². The molecule has 0 bridgehead atoms. The van der Waals surface area contributed by atoms with E-state index in [9.17, 15) is 9.59 Å². The van der Waals surface area contributed by atoms with Crippen LogP contribution in [0, 0.1) is 0 Å². The van der Waals surface area contributed by atoms with Crippen LogP contribution in [-0.2, 0) is 16.1 Å². The molecule has 2 amide bonds. The summed E-state index contributed by atoms with van der Waals surface area (Å²) >= 11 is 0.